The van der Waals surface area contributed by atoms with Gasteiger partial charge in [-0.05, 0) is 30.7 Å². The van der Waals surface area contributed by atoms with E-state index in [1.165, 1.54) is 11.1 Å². The van der Waals surface area contributed by atoms with Gasteiger partial charge in [0.05, 0.1) is 7.11 Å². The van der Waals surface area contributed by atoms with Crippen molar-refractivity contribution in [3.8, 4) is 5.75 Å². The van der Waals surface area contributed by atoms with Gasteiger partial charge in [-0.3, -0.25) is 0 Å². The number of aryl methyl sites for hydroxylation is 1. The summed E-state index contributed by atoms with van der Waals surface area (Å²) in [5.41, 5.74) is 2.47. The maximum atomic E-state index is 9.32. The van der Waals surface area contributed by atoms with E-state index in [0.29, 0.717) is 0 Å². The molecule has 0 aromatic heterocycles. The van der Waals surface area contributed by atoms with Gasteiger partial charge in [0.25, 0.3) is 0 Å². The molecule has 0 radical (unpaired) electrons. The van der Waals surface area contributed by atoms with Gasteiger partial charge in [0, 0.05) is 25.1 Å². The standard InChI is InChI=1S/C16H27NO2/c1-6-14-9-13(7-8-15(14)19-5)10-17(4)11-16(2,3)12-18/h7-9,18H,6,10-12H2,1-5H3. The molecule has 19 heavy (non-hydrogen) atoms. The molecule has 0 amide bonds. The summed E-state index contributed by atoms with van der Waals surface area (Å²) in [6.07, 6.45) is 0.975. The molecule has 0 aliphatic carbocycles. The first-order chi connectivity index (χ1) is 8.91. The number of hydrogen-bond donors (Lipinski definition) is 1. The second-order valence-electron chi connectivity index (χ2n) is 5.99. The minimum absolute atomic E-state index is 0.0607. The zero-order chi connectivity index (χ0) is 14.5. The lowest BCUT2D eigenvalue weighted by Crippen LogP contribution is -2.33. The highest BCUT2D eigenvalue weighted by Gasteiger charge is 2.19. The summed E-state index contributed by atoms with van der Waals surface area (Å²) < 4.78 is 5.35. The van der Waals surface area contributed by atoms with Gasteiger partial charge in [0.2, 0.25) is 0 Å². The Morgan fingerprint density at radius 2 is 2.00 bits per heavy atom. The number of benzene rings is 1. The van der Waals surface area contributed by atoms with Crippen LogP contribution in [-0.2, 0) is 13.0 Å². The molecule has 0 bridgehead atoms. The molecule has 0 atom stereocenters. The van der Waals surface area contributed by atoms with Crippen molar-refractivity contribution in [2.45, 2.75) is 33.7 Å². The van der Waals surface area contributed by atoms with Gasteiger partial charge in [-0.1, -0.05) is 32.9 Å². The van der Waals surface area contributed by atoms with Crippen molar-refractivity contribution in [1.82, 2.24) is 4.90 Å². The quantitative estimate of drug-likeness (QED) is 0.823. The Balaban J connectivity index is 2.72. The Bertz CT molecular complexity index is 402. The molecule has 0 fully saturated rings. The molecule has 0 aliphatic rings. The predicted octanol–water partition coefficient (Wildman–Crippen LogP) is 2.71. The largest absolute Gasteiger partial charge is 0.496 e. The molecule has 0 unspecified atom stereocenters. The smallest absolute Gasteiger partial charge is 0.122 e. The van der Waals surface area contributed by atoms with Gasteiger partial charge >= 0.3 is 0 Å². The van der Waals surface area contributed by atoms with Crippen molar-refractivity contribution >= 4 is 0 Å². The molecule has 0 spiro atoms. The zero-order valence-electron chi connectivity index (χ0n) is 12.9. The molecule has 3 heteroatoms. The van der Waals surface area contributed by atoms with E-state index in [1.807, 2.05) is 6.07 Å². The summed E-state index contributed by atoms with van der Waals surface area (Å²) in [7, 11) is 3.80. The van der Waals surface area contributed by atoms with Crippen LogP contribution in [-0.4, -0.2) is 37.3 Å². The molecule has 0 saturated heterocycles. The first-order valence-corrected chi connectivity index (χ1v) is 6.87. The van der Waals surface area contributed by atoms with E-state index < -0.39 is 0 Å². The minimum Gasteiger partial charge on any atom is -0.496 e. The van der Waals surface area contributed by atoms with E-state index >= 15 is 0 Å². The van der Waals surface area contributed by atoms with Crippen LogP contribution in [0.15, 0.2) is 18.2 Å². The van der Waals surface area contributed by atoms with E-state index in [-0.39, 0.29) is 12.0 Å². The summed E-state index contributed by atoms with van der Waals surface area (Å²) in [4.78, 5) is 2.25. The van der Waals surface area contributed by atoms with Crippen LogP contribution in [0.4, 0.5) is 0 Å². The van der Waals surface area contributed by atoms with E-state index in [2.05, 4.69) is 44.9 Å². The average Bonchev–Trinajstić information content (AvgIpc) is 2.37. The van der Waals surface area contributed by atoms with Gasteiger partial charge in [-0.2, -0.15) is 0 Å². The number of ether oxygens (including phenoxy) is 1. The number of methoxy groups -OCH3 is 1. The number of aliphatic hydroxyl groups excluding tert-OH is 1. The number of nitrogens with zero attached hydrogens (tertiary/aromatic N) is 1. The van der Waals surface area contributed by atoms with Gasteiger partial charge in [0.1, 0.15) is 5.75 Å². The SMILES string of the molecule is CCc1cc(CN(C)CC(C)(C)CO)ccc1OC. The third-order valence-corrected chi connectivity index (χ3v) is 3.30. The molecular formula is C16H27NO2. The Labute approximate surface area is 117 Å². The summed E-state index contributed by atoms with van der Waals surface area (Å²) in [6.45, 7) is 8.27. The third kappa shape index (κ3) is 4.84. The molecule has 0 aliphatic heterocycles. The van der Waals surface area contributed by atoms with E-state index in [1.54, 1.807) is 7.11 Å². The van der Waals surface area contributed by atoms with Crippen LogP contribution in [0.25, 0.3) is 0 Å². The Morgan fingerprint density at radius 3 is 2.53 bits per heavy atom. The number of aliphatic hydroxyl groups is 1. The third-order valence-electron chi connectivity index (χ3n) is 3.30. The first kappa shape index (κ1) is 16.0. The molecule has 108 valence electrons. The van der Waals surface area contributed by atoms with Gasteiger partial charge in [0.15, 0.2) is 0 Å². The minimum atomic E-state index is -0.0607. The lowest BCUT2D eigenvalue weighted by molar-refractivity contribution is 0.112. The molecule has 0 saturated carbocycles. The average molecular weight is 265 g/mol. The van der Waals surface area contributed by atoms with Gasteiger partial charge < -0.3 is 14.7 Å². The fourth-order valence-electron chi connectivity index (χ4n) is 2.35. The highest BCUT2D eigenvalue weighted by atomic mass is 16.5. The van der Waals surface area contributed by atoms with Crippen molar-refractivity contribution in [1.29, 1.82) is 0 Å². The van der Waals surface area contributed by atoms with Crippen molar-refractivity contribution in [2.75, 3.05) is 27.3 Å². The predicted molar refractivity (Wildman–Crippen MR) is 79.6 cm³/mol. The Morgan fingerprint density at radius 1 is 1.32 bits per heavy atom. The van der Waals surface area contributed by atoms with E-state index in [0.717, 1.165) is 25.3 Å². The normalized spacial score (nSPS) is 11.9. The fraction of sp³-hybridized carbons (Fsp3) is 0.625. The van der Waals surface area contributed by atoms with Crippen molar-refractivity contribution in [3.63, 3.8) is 0 Å². The Hall–Kier alpha value is -1.06. The molecule has 1 N–H and O–H groups in total. The summed E-state index contributed by atoms with van der Waals surface area (Å²) in [6, 6.07) is 6.36. The van der Waals surface area contributed by atoms with Crippen molar-refractivity contribution in [2.24, 2.45) is 5.41 Å². The molecule has 1 aromatic rings. The number of hydrogen-bond acceptors (Lipinski definition) is 3. The zero-order valence-corrected chi connectivity index (χ0v) is 12.9. The summed E-state index contributed by atoms with van der Waals surface area (Å²) in [5, 5.41) is 9.32. The topological polar surface area (TPSA) is 32.7 Å². The van der Waals surface area contributed by atoms with Crippen LogP contribution in [0.2, 0.25) is 0 Å². The van der Waals surface area contributed by atoms with Crippen molar-refractivity contribution < 1.29 is 9.84 Å². The van der Waals surface area contributed by atoms with Crippen LogP contribution in [0.3, 0.4) is 0 Å². The summed E-state index contributed by atoms with van der Waals surface area (Å²) in [5.74, 6) is 0.963. The molecule has 1 rings (SSSR count). The molecule has 0 heterocycles. The van der Waals surface area contributed by atoms with Gasteiger partial charge in [-0.25, -0.2) is 0 Å². The molecule has 1 aromatic carbocycles. The summed E-state index contributed by atoms with van der Waals surface area (Å²) >= 11 is 0. The highest BCUT2D eigenvalue weighted by molar-refractivity contribution is 5.37. The maximum Gasteiger partial charge on any atom is 0.122 e. The van der Waals surface area contributed by atoms with Crippen LogP contribution in [0.5, 0.6) is 5.75 Å². The van der Waals surface area contributed by atoms with Crippen LogP contribution < -0.4 is 4.74 Å². The number of rotatable bonds is 7. The first-order valence-electron chi connectivity index (χ1n) is 6.87. The van der Waals surface area contributed by atoms with Crippen molar-refractivity contribution in [3.05, 3.63) is 29.3 Å². The van der Waals surface area contributed by atoms with Crippen LogP contribution >= 0.6 is 0 Å². The fourth-order valence-corrected chi connectivity index (χ4v) is 2.35. The highest BCUT2D eigenvalue weighted by Crippen LogP contribution is 2.22. The van der Waals surface area contributed by atoms with Crippen LogP contribution in [0, 0.1) is 5.41 Å². The molecule has 3 nitrogen and oxygen atoms in total. The van der Waals surface area contributed by atoms with E-state index in [9.17, 15) is 5.11 Å². The van der Waals surface area contributed by atoms with Crippen LogP contribution in [0.1, 0.15) is 31.9 Å². The lowest BCUT2D eigenvalue weighted by atomic mass is 9.94. The maximum absolute atomic E-state index is 9.32. The second-order valence-corrected chi connectivity index (χ2v) is 5.99. The lowest BCUT2D eigenvalue weighted by Gasteiger charge is -2.28. The van der Waals surface area contributed by atoms with E-state index in [4.69, 9.17) is 4.74 Å². The monoisotopic (exact) mass is 265 g/mol. The second kappa shape index (κ2) is 6.92. The van der Waals surface area contributed by atoms with Gasteiger partial charge in [-0.15, -0.1) is 0 Å². The Kier molecular flexibility index (Phi) is 5.83. The molecular weight excluding hydrogens is 238 g/mol.